The van der Waals surface area contributed by atoms with E-state index in [1.54, 1.807) is 0 Å². The van der Waals surface area contributed by atoms with Crippen LogP contribution in [0.15, 0.2) is 0 Å². The summed E-state index contributed by atoms with van der Waals surface area (Å²) in [4.78, 5) is 10.6. The van der Waals surface area contributed by atoms with E-state index in [9.17, 15) is 4.79 Å². The second kappa shape index (κ2) is 3.56. The molecule has 5 atom stereocenters. The highest BCUT2D eigenvalue weighted by molar-refractivity contribution is 5.79. The smallest absolute Gasteiger partial charge is 0.249 e. The van der Waals surface area contributed by atoms with Crippen LogP contribution >= 0.6 is 0 Å². The number of ether oxygens (including phenoxy) is 1. The fraction of sp³-hybridized carbons (Fsp3) is 0.833. The van der Waals surface area contributed by atoms with Crippen molar-refractivity contribution >= 4 is 5.91 Å². The fourth-order valence-corrected chi connectivity index (χ4v) is 1.10. The topological polar surface area (TPSA) is 133 Å². The van der Waals surface area contributed by atoms with Gasteiger partial charge in [-0.1, -0.05) is 0 Å². The van der Waals surface area contributed by atoms with Gasteiger partial charge < -0.3 is 30.9 Å². The lowest BCUT2D eigenvalue weighted by Crippen LogP contribution is -2.60. The Labute approximate surface area is 73.4 Å². The largest absolute Gasteiger partial charge is 0.387 e. The van der Waals surface area contributed by atoms with Crippen molar-refractivity contribution in [1.82, 2.24) is 0 Å². The monoisotopic (exact) mass is 193 g/mol. The van der Waals surface area contributed by atoms with Crippen molar-refractivity contribution in [3.63, 3.8) is 0 Å². The molecule has 1 fully saturated rings. The molecule has 1 aliphatic heterocycles. The summed E-state index contributed by atoms with van der Waals surface area (Å²) in [7, 11) is 0. The van der Waals surface area contributed by atoms with Crippen LogP contribution in [0.3, 0.4) is 0 Å². The first kappa shape index (κ1) is 10.4. The Morgan fingerprint density at radius 1 is 1.08 bits per heavy atom. The fourth-order valence-electron chi connectivity index (χ4n) is 1.10. The van der Waals surface area contributed by atoms with E-state index in [4.69, 9.17) is 26.2 Å². The Bertz CT molecular complexity index is 209. The lowest BCUT2D eigenvalue weighted by molar-refractivity contribution is -0.275. The number of hydrogen-bond donors (Lipinski definition) is 5. The SMILES string of the molecule is NC(=O)[C@@H]1OC(O)[C@H](O)[C@@H](O)[C@@H]1O. The molecule has 0 aromatic rings. The molecule has 1 unspecified atom stereocenters. The summed E-state index contributed by atoms with van der Waals surface area (Å²) in [5, 5.41) is 36.2. The number of carbonyl (C=O) groups excluding carboxylic acids is 1. The maximum absolute atomic E-state index is 10.6. The minimum absolute atomic E-state index is 1.02. The van der Waals surface area contributed by atoms with Gasteiger partial charge in [-0.2, -0.15) is 0 Å². The third kappa shape index (κ3) is 1.79. The Morgan fingerprint density at radius 2 is 1.62 bits per heavy atom. The molecule has 7 heteroatoms. The summed E-state index contributed by atoms with van der Waals surface area (Å²) in [6.45, 7) is 0. The first-order chi connectivity index (χ1) is 5.95. The van der Waals surface area contributed by atoms with E-state index >= 15 is 0 Å². The van der Waals surface area contributed by atoms with E-state index in [-0.39, 0.29) is 0 Å². The molecule has 1 amide bonds. The van der Waals surface area contributed by atoms with Crippen molar-refractivity contribution in [3.8, 4) is 0 Å². The van der Waals surface area contributed by atoms with E-state index in [1.807, 2.05) is 0 Å². The maximum Gasteiger partial charge on any atom is 0.249 e. The van der Waals surface area contributed by atoms with Crippen molar-refractivity contribution < 1.29 is 30.0 Å². The van der Waals surface area contributed by atoms with E-state index in [0.29, 0.717) is 0 Å². The minimum atomic E-state index is -1.73. The third-order valence-electron chi connectivity index (χ3n) is 1.87. The molecule has 0 bridgehead atoms. The van der Waals surface area contributed by atoms with Crippen LogP contribution in [0, 0.1) is 0 Å². The highest BCUT2D eigenvalue weighted by Crippen LogP contribution is 2.19. The first-order valence-corrected chi connectivity index (χ1v) is 3.62. The third-order valence-corrected chi connectivity index (χ3v) is 1.87. The predicted molar refractivity (Wildman–Crippen MR) is 38.1 cm³/mol. The van der Waals surface area contributed by atoms with Gasteiger partial charge in [0.15, 0.2) is 12.4 Å². The Kier molecular flexibility index (Phi) is 2.84. The molecule has 0 aromatic heterocycles. The van der Waals surface area contributed by atoms with Crippen LogP contribution in [0.5, 0.6) is 0 Å². The van der Waals surface area contributed by atoms with E-state index < -0.39 is 36.6 Å². The molecule has 0 aliphatic carbocycles. The lowest BCUT2D eigenvalue weighted by Gasteiger charge is -2.36. The summed E-state index contributed by atoms with van der Waals surface area (Å²) < 4.78 is 4.46. The molecule has 0 aromatic carbocycles. The van der Waals surface area contributed by atoms with Crippen LogP contribution in [0.25, 0.3) is 0 Å². The Balaban J connectivity index is 2.76. The summed E-state index contributed by atoms with van der Waals surface area (Å²) >= 11 is 0. The number of nitrogens with two attached hydrogens (primary N) is 1. The normalized spacial score (nSPS) is 46.0. The average molecular weight is 193 g/mol. The quantitative estimate of drug-likeness (QED) is 0.291. The van der Waals surface area contributed by atoms with E-state index in [0.717, 1.165) is 0 Å². The molecule has 1 heterocycles. The molecular weight excluding hydrogens is 182 g/mol. The maximum atomic E-state index is 10.6. The second-order valence-corrected chi connectivity index (χ2v) is 2.82. The molecule has 7 nitrogen and oxygen atoms in total. The Morgan fingerprint density at radius 3 is 2.08 bits per heavy atom. The number of aliphatic hydroxyl groups excluding tert-OH is 4. The van der Waals surface area contributed by atoms with Gasteiger partial charge in [-0.3, -0.25) is 4.79 Å². The molecular formula is C6H11NO6. The van der Waals surface area contributed by atoms with Crippen molar-refractivity contribution in [3.05, 3.63) is 0 Å². The first-order valence-electron chi connectivity index (χ1n) is 3.62. The number of aliphatic hydroxyl groups is 4. The number of primary amides is 1. The number of amides is 1. The molecule has 1 aliphatic rings. The van der Waals surface area contributed by atoms with Gasteiger partial charge in [0.05, 0.1) is 0 Å². The standard InChI is InChI=1S/C6H11NO6/c7-5(11)4-2(9)1(8)3(10)6(12)13-4/h1-4,6,8-10,12H,(H2,7,11)/t1-,2-,3+,4+,6?/m0/s1. The summed E-state index contributed by atoms with van der Waals surface area (Å²) in [5.41, 5.74) is 4.80. The molecule has 76 valence electrons. The van der Waals surface area contributed by atoms with Gasteiger partial charge in [0.1, 0.15) is 18.3 Å². The molecule has 1 saturated heterocycles. The molecule has 1 rings (SSSR count). The van der Waals surface area contributed by atoms with Gasteiger partial charge in [-0.15, -0.1) is 0 Å². The van der Waals surface area contributed by atoms with Crippen LogP contribution in [0.4, 0.5) is 0 Å². The highest BCUT2D eigenvalue weighted by Gasteiger charge is 2.45. The number of hydrogen-bond acceptors (Lipinski definition) is 6. The van der Waals surface area contributed by atoms with Crippen molar-refractivity contribution in [2.24, 2.45) is 5.73 Å². The van der Waals surface area contributed by atoms with Gasteiger partial charge in [-0.05, 0) is 0 Å². The number of carbonyl (C=O) groups is 1. The van der Waals surface area contributed by atoms with Gasteiger partial charge in [-0.25, -0.2) is 0 Å². The second-order valence-electron chi connectivity index (χ2n) is 2.82. The van der Waals surface area contributed by atoms with Crippen LogP contribution in [0.1, 0.15) is 0 Å². The summed E-state index contributed by atoms with van der Waals surface area (Å²) in [6, 6.07) is 0. The average Bonchev–Trinajstić information content (AvgIpc) is 2.07. The highest BCUT2D eigenvalue weighted by atomic mass is 16.6. The van der Waals surface area contributed by atoms with Gasteiger partial charge in [0, 0.05) is 0 Å². The zero-order valence-electron chi connectivity index (χ0n) is 6.57. The van der Waals surface area contributed by atoms with Gasteiger partial charge >= 0.3 is 0 Å². The zero-order chi connectivity index (χ0) is 10.2. The molecule has 13 heavy (non-hydrogen) atoms. The van der Waals surface area contributed by atoms with Crippen LogP contribution < -0.4 is 5.73 Å². The van der Waals surface area contributed by atoms with E-state index in [1.165, 1.54) is 0 Å². The van der Waals surface area contributed by atoms with Crippen LogP contribution in [-0.4, -0.2) is 57.0 Å². The molecule has 0 spiro atoms. The lowest BCUT2D eigenvalue weighted by atomic mass is 9.99. The summed E-state index contributed by atoms with van der Waals surface area (Å²) in [6.07, 6.45) is -8.16. The van der Waals surface area contributed by atoms with Crippen LogP contribution in [-0.2, 0) is 9.53 Å². The number of rotatable bonds is 1. The predicted octanol–water partition coefficient (Wildman–Crippen LogP) is -3.73. The van der Waals surface area contributed by atoms with Crippen molar-refractivity contribution in [2.45, 2.75) is 30.7 Å². The Hall–Kier alpha value is -0.730. The minimum Gasteiger partial charge on any atom is -0.387 e. The molecule has 0 radical (unpaired) electrons. The zero-order valence-corrected chi connectivity index (χ0v) is 6.57. The molecule has 0 saturated carbocycles. The van der Waals surface area contributed by atoms with Crippen LogP contribution in [0.2, 0.25) is 0 Å². The van der Waals surface area contributed by atoms with Gasteiger partial charge in [0.2, 0.25) is 5.91 Å². The van der Waals surface area contributed by atoms with Gasteiger partial charge in [0.25, 0.3) is 0 Å². The summed E-state index contributed by atoms with van der Waals surface area (Å²) in [5.74, 6) is -1.02. The van der Waals surface area contributed by atoms with Crippen molar-refractivity contribution in [2.75, 3.05) is 0 Å². The van der Waals surface area contributed by atoms with E-state index in [2.05, 4.69) is 4.74 Å². The van der Waals surface area contributed by atoms with Crippen molar-refractivity contribution in [1.29, 1.82) is 0 Å². The molecule has 6 N–H and O–H groups in total.